The van der Waals surface area contributed by atoms with Crippen LogP contribution in [0.25, 0.3) is 0 Å². The van der Waals surface area contributed by atoms with Crippen LogP contribution in [0.3, 0.4) is 0 Å². The van der Waals surface area contributed by atoms with Gasteiger partial charge in [-0.1, -0.05) is 35.6 Å². The van der Waals surface area contributed by atoms with E-state index in [-0.39, 0.29) is 5.82 Å². The molecule has 0 spiro atoms. The summed E-state index contributed by atoms with van der Waals surface area (Å²) in [5, 5.41) is 3.72. The van der Waals surface area contributed by atoms with Gasteiger partial charge < -0.3 is 5.32 Å². The molecule has 2 aromatic carbocycles. The molecule has 0 bridgehead atoms. The van der Waals surface area contributed by atoms with Crippen molar-refractivity contribution in [3.63, 3.8) is 0 Å². The van der Waals surface area contributed by atoms with Gasteiger partial charge in [-0.25, -0.2) is 4.39 Å². The Kier molecular flexibility index (Phi) is 4.58. The zero-order valence-electron chi connectivity index (χ0n) is 9.19. The van der Waals surface area contributed by atoms with E-state index in [4.69, 9.17) is 23.8 Å². The van der Waals surface area contributed by atoms with Crippen molar-refractivity contribution in [3.8, 4) is 0 Å². The van der Waals surface area contributed by atoms with Gasteiger partial charge in [-0.15, -0.1) is 0 Å². The minimum absolute atomic E-state index is 0.267. The lowest BCUT2D eigenvalue weighted by molar-refractivity contribution is 0.628. The zero-order valence-corrected chi connectivity index (χ0v) is 11.6. The Morgan fingerprint density at radius 3 is 2.28 bits per heavy atom. The smallest absolute Gasteiger partial charge is 0.143 e. The number of halogens is 2. The summed E-state index contributed by atoms with van der Waals surface area (Å²) in [6.07, 6.45) is 0. The Labute approximate surface area is 119 Å². The minimum Gasteiger partial charge on any atom is -0.341 e. The van der Waals surface area contributed by atoms with Gasteiger partial charge in [0.15, 0.2) is 0 Å². The van der Waals surface area contributed by atoms with Crippen LogP contribution in [0.15, 0.2) is 53.4 Å². The number of thiocarbonyl (C=S) groups is 1. The maximum absolute atomic E-state index is 12.7. The Balaban J connectivity index is 1.96. The van der Waals surface area contributed by atoms with Crippen molar-refractivity contribution in [2.45, 2.75) is 4.90 Å². The lowest BCUT2D eigenvalue weighted by Crippen LogP contribution is -2.03. The van der Waals surface area contributed by atoms with E-state index in [0.717, 1.165) is 10.6 Å². The van der Waals surface area contributed by atoms with E-state index in [2.05, 4.69) is 5.32 Å². The first-order chi connectivity index (χ1) is 8.63. The van der Waals surface area contributed by atoms with Gasteiger partial charge in [-0.2, -0.15) is 0 Å². The molecule has 2 rings (SSSR count). The molecule has 0 unspecified atom stereocenters. The molecule has 0 fully saturated rings. The van der Waals surface area contributed by atoms with Gasteiger partial charge in [0.1, 0.15) is 10.1 Å². The molecule has 92 valence electrons. The van der Waals surface area contributed by atoms with Crippen molar-refractivity contribution in [1.82, 2.24) is 0 Å². The maximum atomic E-state index is 12.7. The molecule has 5 heteroatoms. The highest BCUT2D eigenvalue weighted by Gasteiger charge is 2.01. The number of hydrogen-bond donors (Lipinski definition) is 1. The van der Waals surface area contributed by atoms with Crippen LogP contribution in [0.1, 0.15) is 0 Å². The van der Waals surface area contributed by atoms with E-state index in [0.29, 0.717) is 9.34 Å². The van der Waals surface area contributed by atoms with Crippen LogP contribution < -0.4 is 5.32 Å². The Bertz CT molecular complexity index is 490. The number of anilines is 1. The van der Waals surface area contributed by atoms with E-state index in [9.17, 15) is 4.39 Å². The summed E-state index contributed by atoms with van der Waals surface area (Å²) < 4.78 is 13.3. The fraction of sp³-hybridized carbons (Fsp3) is 0. The SMILES string of the molecule is Fc1ccc(NC(=S)Sc2ccc(Cl)cc2)cc1. The quantitative estimate of drug-likeness (QED) is 0.621. The topological polar surface area (TPSA) is 12.0 Å². The number of nitrogens with one attached hydrogen (secondary N) is 1. The summed E-state index contributed by atoms with van der Waals surface area (Å²) in [5.74, 6) is -0.267. The summed E-state index contributed by atoms with van der Waals surface area (Å²) in [6, 6.07) is 13.5. The molecule has 0 heterocycles. The predicted octanol–water partition coefficient (Wildman–Crippen LogP) is 4.97. The van der Waals surface area contributed by atoms with Gasteiger partial charge in [0, 0.05) is 15.6 Å². The summed E-state index contributed by atoms with van der Waals surface area (Å²) >= 11 is 12.4. The fourth-order valence-electron chi connectivity index (χ4n) is 1.29. The third-order valence-corrected chi connectivity index (χ3v) is 3.51. The number of hydrogen-bond acceptors (Lipinski definition) is 2. The van der Waals surface area contributed by atoms with Crippen LogP contribution in [0, 0.1) is 5.82 Å². The molecule has 0 amide bonds. The molecule has 0 aliphatic heterocycles. The van der Waals surface area contributed by atoms with Crippen LogP contribution in [0.5, 0.6) is 0 Å². The molecular weight excluding hydrogens is 289 g/mol. The molecule has 0 aliphatic carbocycles. The predicted molar refractivity (Wildman–Crippen MR) is 79.9 cm³/mol. The Morgan fingerprint density at radius 1 is 1.06 bits per heavy atom. The Morgan fingerprint density at radius 2 is 1.67 bits per heavy atom. The van der Waals surface area contributed by atoms with E-state index in [1.165, 1.54) is 23.9 Å². The van der Waals surface area contributed by atoms with E-state index < -0.39 is 0 Å². The van der Waals surface area contributed by atoms with Gasteiger partial charge in [0.05, 0.1) is 0 Å². The zero-order chi connectivity index (χ0) is 13.0. The van der Waals surface area contributed by atoms with Crippen molar-refractivity contribution in [2.24, 2.45) is 0 Å². The highest BCUT2D eigenvalue weighted by Crippen LogP contribution is 2.23. The fourth-order valence-corrected chi connectivity index (χ4v) is 2.47. The van der Waals surface area contributed by atoms with Crippen LogP contribution in [-0.4, -0.2) is 4.32 Å². The molecule has 0 aromatic heterocycles. The van der Waals surface area contributed by atoms with E-state index >= 15 is 0 Å². The molecule has 1 nitrogen and oxygen atoms in total. The standard InChI is InChI=1S/C13H9ClFNS2/c14-9-1-7-12(8-2-9)18-13(17)16-11-5-3-10(15)4-6-11/h1-8H,(H,16,17). The molecule has 0 saturated heterocycles. The lowest BCUT2D eigenvalue weighted by Gasteiger charge is -2.07. The first-order valence-corrected chi connectivity index (χ1v) is 6.74. The minimum atomic E-state index is -0.267. The molecule has 2 aromatic rings. The first kappa shape index (κ1) is 13.3. The average Bonchev–Trinajstić information content (AvgIpc) is 2.35. The normalized spacial score (nSPS) is 10.1. The van der Waals surface area contributed by atoms with E-state index in [1.54, 1.807) is 12.1 Å². The average molecular weight is 298 g/mol. The van der Waals surface area contributed by atoms with Gasteiger partial charge >= 0.3 is 0 Å². The molecule has 0 atom stereocenters. The second kappa shape index (κ2) is 6.18. The molecule has 18 heavy (non-hydrogen) atoms. The summed E-state index contributed by atoms with van der Waals surface area (Å²) in [6.45, 7) is 0. The first-order valence-electron chi connectivity index (χ1n) is 5.13. The van der Waals surface area contributed by atoms with Crippen molar-refractivity contribution in [3.05, 3.63) is 59.4 Å². The highest BCUT2D eigenvalue weighted by molar-refractivity contribution is 8.23. The second-order valence-electron chi connectivity index (χ2n) is 3.48. The number of rotatable bonds is 2. The summed E-state index contributed by atoms with van der Waals surface area (Å²) in [4.78, 5) is 0.999. The molecule has 1 N–H and O–H groups in total. The van der Waals surface area contributed by atoms with Gasteiger partial charge in [-0.3, -0.25) is 0 Å². The van der Waals surface area contributed by atoms with Crippen LogP contribution in [-0.2, 0) is 0 Å². The Hall–Kier alpha value is -1.10. The maximum Gasteiger partial charge on any atom is 0.143 e. The second-order valence-corrected chi connectivity index (χ2v) is 5.66. The molecule has 0 saturated carbocycles. The van der Waals surface area contributed by atoms with Crippen LogP contribution in [0.2, 0.25) is 5.02 Å². The largest absolute Gasteiger partial charge is 0.341 e. The van der Waals surface area contributed by atoms with E-state index in [1.807, 2.05) is 24.3 Å². The van der Waals surface area contributed by atoms with Crippen molar-refractivity contribution >= 4 is 45.6 Å². The van der Waals surface area contributed by atoms with Crippen LogP contribution in [0.4, 0.5) is 10.1 Å². The summed E-state index contributed by atoms with van der Waals surface area (Å²) in [7, 11) is 0. The lowest BCUT2D eigenvalue weighted by atomic mass is 10.3. The van der Waals surface area contributed by atoms with Crippen molar-refractivity contribution < 1.29 is 4.39 Å². The van der Waals surface area contributed by atoms with Crippen molar-refractivity contribution in [1.29, 1.82) is 0 Å². The van der Waals surface area contributed by atoms with Gasteiger partial charge in [0.25, 0.3) is 0 Å². The van der Waals surface area contributed by atoms with Gasteiger partial charge in [0.2, 0.25) is 0 Å². The molecule has 0 radical (unpaired) electrons. The summed E-state index contributed by atoms with van der Waals surface area (Å²) in [5.41, 5.74) is 0.767. The number of benzene rings is 2. The number of thioether (sulfide) groups is 1. The third kappa shape index (κ3) is 3.98. The van der Waals surface area contributed by atoms with Crippen LogP contribution >= 0.6 is 35.6 Å². The van der Waals surface area contributed by atoms with Gasteiger partial charge in [-0.05, 0) is 48.5 Å². The monoisotopic (exact) mass is 297 g/mol. The third-order valence-electron chi connectivity index (χ3n) is 2.11. The molecule has 0 aliphatic rings. The molecular formula is C13H9ClFNS2. The highest BCUT2D eigenvalue weighted by atomic mass is 35.5. The van der Waals surface area contributed by atoms with Crippen molar-refractivity contribution in [2.75, 3.05) is 5.32 Å².